The van der Waals surface area contributed by atoms with Crippen LogP contribution in [-0.2, 0) is 13.0 Å². The number of carbonyl (C=O) groups excluding carboxylic acids is 1. The van der Waals surface area contributed by atoms with Crippen LogP contribution >= 0.6 is 0 Å². The molecule has 1 N–H and O–H groups in total. The first-order chi connectivity index (χ1) is 10.6. The minimum Gasteiger partial charge on any atom is -0.493 e. The number of benzene rings is 1. The highest BCUT2D eigenvalue weighted by atomic mass is 16.5. The van der Waals surface area contributed by atoms with E-state index < -0.39 is 0 Å². The van der Waals surface area contributed by atoms with Crippen molar-refractivity contribution < 1.29 is 14.3 Å². The topological polar surface area (TPSA) is 54.6 Å². The van der Waals surface area contributed by atoms with E-state index in [2.05, 4.69) is 4.98 Å². The molecule has 2 aromatic rings. The first-order valence-electron chi connectivity index (χ1n) is 7.31. The lowest BCUT2D eigenvalue weighted by Crippen LogP contribution is -2.36. The molecule has 2 heterocycles. The van der Waals surface area contributed by atoms with Gasteiger partial charge in [0.15, 0.2) is 11.5 Å². The molecule has 1 aliphatic heterocycles. The van der Waals surface area contributed by atoms with E-state index in [1.807, 2.05) is 30.0 Å². The average molecular weight is 300 g/mol. The summed E-state index contributed by atoms with van der Waals surface area (Å²) in [5, 5.41) is 0. The van der Waals surface area contributed by atoms with Gasteiger partial charge in [0.05, 0.1) is 19.8 Å². The van der Waals surface area contributed by atoms with E-state index in [9.17, 15) is 4.79 Å². The maximum atomic E-state index is 12.6. The number of amides is 1. The fraction of sp³-hybridized carbons (Fsp3) is 0.353. The maximum absolute atomic E-state index is 12.6. The highest BCUT2D eigenvalue weighted by Gasteiger charge is 2.24. The maximum Gasteiger partial charge on any atom is 0.255 e. The number of fused-ring (bicyclic) bond motifs is 1. The van der Waals surface area contributed by atoms with Gasteiger partial charge in [-0.15, -0.1) is 0 Å². The third kappa shape index (κ3) is 2.43. The van der Waals surface area contributed by atoms with Crippen LogP contribution in [0, 0.1) is 6.92 Å². The van der Waals surface area contributed by atoms with Crippen LogP contribution in [0.2, 0.25) is 0 Å². The average Bonchev–Trinajstić information content (AvgIpc) is 2.98. The third-order valence-electron chi connectivity index (χ3n) is 4.19. The Labute approximate surface area is 129 Å². The zero-order chi connectivity index (χ0) is 15.7. The van der Waals surface area contributed by atoms with Gasteiger partial charge in [0.2, 0.25) is 0 Å². The van der Waals surface area contributed by atoms with Gasteiger partial charge in [-0.3, -0.25) is 4.79 Å². The van der Waals surface area contributed by atoms with E-state index in [1.54, 1.807) is 20.4 Å². The molecule has 22 heavy (non-hydrogen) atoms. The van der Waals surface area contributed by atoms with Crippen LogP contribution in [-0.4, -0.2) is 36.6 Å². The van der Waals surface area contributed by atoms with E-state index >= 15 is 0 Å². The quantitative estimate of drug-likeness (QED) is 0.947. The van der Waals surface area contributed by atoms with Gasteiger partial charge in [0.1, 0.15) is 0 Å². The summed E-state index contributed by atoms with van der Waals surface area (Å²) in [4.78, 5) is 17.6. The Hall–Kier alpha value is -2.43. The number of rotatable bonds is 3. The normalized spacial score (nSPS) is 13.7. The summed E-state index contributed by atoms with van der Waals surface area (Å²) < 4.78 is 10.7. The molecular formula is C17H20N2O3. The smallest absolute Gasteiger partial charge is 0.255 e. The van der Waals surface area contributed by atoms with Crippen LogP contribution in [0.4, 0.5) is 0 Å². The molecule has 116 valence electrons. The summed E-state index contributed by atoms with van der Waals surface area (Å²) in [6.07, 6.45) is 2.62. The first-order valence-corrected chi connectivity index (χ1v) is 7.31. The molecule has 1 aliphatic rings. The molecule has 0 fully saturated rings. The second kappa shape index (κ2) is 5.75. The summed E-state index contributed by atoms with van der Waals surface area (Å²) in [5.41, 5.74) is 3.98. The number of nitrogens with one attached hydrogen (secondary N) is 1. The predicted octanol–water partition coefficient (Wildman–Crippen LogP) is 2.54. The van der Waals surface area contributed by atoms with Gasteiger partial charge in [-0.05, 0) is 42.7 Å². The number of methoxy groups -OCH3 is 2. The molecule has 0 saturated carbocycles. The molecule has 1 aromatic heterocycles. The lowest BCUT2D eigenvalue weighted by Gasteiger charge is -2.29. The van der Waals surface area contributed by atoms with Crippen LogP contribution in [0.25, 0.3) is 0 Å². The van der Waals surface area contributed by atoms with Crippen molar-refractivity contribution in [1.29, 1.82) is 0 Å². The minimum absolute atomic E-state index is 0.0687. The molecule has 1 amide bonds. The molecule has 5 nitrogen and oxygen atoms in total. The second-order valence-electron chi connectivity index (χ2n) is 5.47. The van der Waals surface area contributed by atoms with Gasteiger partial charge in [0.25, 0.3) is 5.91 Å². The Morgan fingerprint density at radius 1 is 1.18 bits per heavy atom. The first kappa shape index (κ1) is 14.5. The zero-order valence-corrected chi connectivity index (χ0v) is 13.1. The number of aryl methyl sites for hydroxylation is 1. The van der Waals surface area contributed by atoms with Crippen molar-refractivity contribution in [2.75, 3.05) is 20.8 Å². The summed E-state index contributed by atoms with van der Waals surface area (Å²) >= 11 is 0. The largest absolute Gasteiger partial charge is 0.493 e. The molecule has 0 aliphatic carbocycles. The van der Waals surface area contributed by atoms with Crippen LogP contribution in [0.5, 0.6) is 11.5 Å². The SMILES string of the molecule is COc1cc2c(cc1OC)CN(C(=O)c1cc[nH]c1C)CC2. The van der Waals surface area contributed by atoms with E-state index in [0.717, 1.165) is 29.0 Å². The molecule has 0 spiro atoms. The van der Waals surface area contributed by atoms with Crippen LogP contribution in [0.1, 0.15) is 27.2 Å². The minimum atomic E-state index is 0.0687. The molecule has 3 rings (SSSR count). The van der Waals surface area contributed by atoms with Gasteiger partial charge in [-0.2, -0.15) is 0 Å². The van der Waals surface area contributed by atoms with Gasteiger partial charge >= 0.3 is 0 Å². The lowest BCUT2D eigenvalue weighted by molar-refractivity contribution is 0.0734. The molecule has 0 saturated heterocycles. The monoisotopic (exact) mass is 300 g/mol. The number of hydrogen-bond donors (Lipinski definition) is 1. The third-order valence-corrected chi connectivity index (χ3v) is 4.19. The van der Waals surface area contributed by atoms with Gasteiger partial charge in [0, 0.05) is 25.0 Å². The molecule has 0 atom stereocenters. The summed E-state index contributed by atoms with van der Waals surface area (Å²) in [6.45, 7) is 3.23. The summed E-state index contributed by atoms with van der Waals surface area (Å²) in [7, 11) is 3.26. The molecule has 0 unspecified atom stereocenters. The Bertz CT molecular complexity index is 706. The Kier molecular flexibility index (Phi) is 3.79. The van der Waals surface area contributed by atoms with Gasteiger partial charge < -0.3 is 19.4 Å². The van der Waals surface area contributed by atoms with E-state index in [1.165, 1.54) is 5.56 Å². The number of aromatic nitrogens is 1. The molecular weight excluding hydrogens is 280 g/mol. The fourth-order valence-electron chi connectivity index (χ4n) is 2.91. The standard InChI is InChI=1S/C17H20N2O3/c1-11-14(4-6-18-11)17(20)19-7-5-12-8-15(21-2)16(22-3)9-13(12)10-19/h4,6,8-9,18H,5,7,10H2,1-3H3. The van der Waals surface area contributed by atoms with Crippen molar-refractivity contribution in [1.82, 2.24) is 9.88 Å². The second-order valence-corrected chi connectivity index (χ2v) is 5.47. The van der Waals surface area contributed by atoms with Crippen molar-refractivity contribution in [3.05, 3.63) is 46.8 Å². The van der Waals surface area contributed by atoms with Gasteiger partial charge in [-0.25, -0.2) is 0 Å². The van der Waals surface area contributed by atoms with Gasteiger partial charge in [-0.1, -0.05) is 0 Å². The lowest BCUT2D eigenvalue weighted by atomic mass is 9.98. The summed E-state index contributed by atoms with van der Waals surface area (Å²) in [5.74, 6) is 1.51. The number of hydrogen-bond acceptors (Lipinski definition) is 3. The predicted molar refractivity (Wildman–Crippen MR) is 83.5 cm³/mol. The number of nitrogens with zero attached hydrogens (tertiary/aromatic N) is 1. The van der Waals surface area contributed by atoms with Crippen LogP contribution < -0.4 is 9.47 Å². The van der Waals surface area contributed by atoms with Crippen molar-refractivity contribution in [2.24, 2.45) is 0 Å². The van der Waals surface area contributed by atoms with Crippen LogP contribution in [0.3, 0.4) is 0 Å². The summed E-state index contributed by atoms with van der Waals surface area (Å²) in [6, 6.07) is 5.82. The number of H-pyrrole nitrogens is 1. The van der Waals surface area contributed by atoms with E-state index in [4.69, 9.17) is 9.47 Å². The molecule has 1 aromatic carbocycles. The van der Waals surface area contributed by atoms with Crippen molar-refractivity contribution in [2.45, 2.75) is 19.9 Å². The number of ether oxygens (including phenoxy) is 2. The van der Waals surface area contributed by atoms with E-state index in [0.29, 0.717) is 18.8 Å². The van der Waals surface area contributed by atoms with Crippen molar-refractivity contribution in [3.8, 4) is 11.5 Å². The Morgan fingerprint density at radius 2 is 1.86 bits per heavy atom. The molecule has 0 bridgehead atoms. The van der Waals surface area contributed by atoms with E-state index in [-0.39, 0.29) is 5.91 Å². The van der Waals surface area contributed by atoms with Crippen LogP contribution in [0.15, 0.2) is 24.4 Å². The number of carbonyl (C=O) groups is 1. The molecule has 5 heteroatoms. The van der Waals surface area contributed by atoms with Crippen molar-refractivity contribution >= 4 is 5.91 Å². The Balaban J connectivity index is 1.87. The van der Waals surface area contributed by atoms with Crippen molar-refractivity contribution in [3.63, 3.8) is 0 Å². The number of aromatic amines is 1. The fourth-order valence-corrected chi connectivity index (χ4v) is 2.91. The highest BCUT2D eigenvalue weighted by molar-refractivity contribution is 5.95. The Morgan fingerprint density at radius 3 is 2.45 bits per heavy atom. The molecule has 0 radical (unpaired) electrons. The highest BCUT2D eigenvalue weighted by Crippen LogP contribution is 2.33. The zero-order valence-electron chi connectivity index (χ0n) is 13.1.